The first kappa shape index (κ1) is 19.3. The Morgan fingerprint density at radius 2 is 2.15 bits per heavy atom. The number of methoxy groups -OCH3 is 1. The van der Waals surface area contributed by atoms with E-state index in [2.05, 4.69) is 34.5 Å². The van der Waals surface area contributed by atoms with Crippen molar-refractivity contribution in [2.75, 3.05) is 33.4 Å². The van der Waals surface area contributed by atoms with E-state index in [1.807, 2.05) is 0 Å². The number of nitrogens with one attached hydrogen (secondary N) is 1. The van der Waals surface area contributed by atoms with Gasteiger partial charge in [-0.1, -0.05) is 24.3 Å². The summed E-state index contributed by atoms with van der Waals surface area (Å²) in [6, 6.07) is 8.62. The molecule has 3 atom stereocenters. The second-order valence-electron chi connectivity index (χ2n) is 7.19. The molecule has 0 aliphatic carbocycles. The number of nitrogens with zero attached hydrogens (tertiary/aromatic N) is 1. The topological polar surface area (TPSA) is 71.0 Å². The van der Waals surface area contributed by atoms with Crippen LogP contribution in [0.25, 0.3) is 0 Å². The molecule has 6 heteroatoms. The Morgan fingerprint density at radius 1 is 1.35 bits per heavy atom. The average Bonchev–Trinajstić information content (AvgIpc) is 2.67. The van der Waals surface area contributed by atoms with Crippen LogP contribution >= 0.6 is 0 Å². The molecule has 2 aliphatic rings. The minimum Gasteiger partial charge on any atom is -0.390 e. The Labute approximate surface area is 155 Å². The molecule has 1 amide bonds. The molecule has 0 unspecified atom stereocenters. The van der Waals surface area contributed by atoms with E-state index in [0.29, 0.717) is 19.6 Å². The number of carbonyl (C=O) groups is 1. The summed E-state index contributed by atoms with van der Waals surface area (Å²) in [5, 5.41) is 12.9. The fourth-order valence-electron chi connectivity index (χ4n) is 3.77. The third-order valence-electron chi connectivity index (χ3n) is 5.31. The van der Waals surface area contributed by atoms with Gasteiger partial charge in [0.1, 0.15) is 0 Å². The Kier molecular flexibility index (Phi) is 7.02. The predicted octanol–water partition coefficient (Wildman–Crippen LogP) is 1.11. The molecule has 0 aromatic heterocycles. The van der Waals surface area contributed by atoms with Crippen LogP contribution in [0.4, 0.5) is 0 Å². The lowest BCUT2D eigenvalue weighted by atomic mass is 9.97. The Hall–Kier alpha value is -1.47. The molecule has 26 heavy (non-hydrogen) atoms. The number of benzene rings is 1. The highest BCUT2D eigenvalue weighted by Crippen LogP contribution is 2.24. The maximum atomic E-state index is 12.2. The molecule has 0 spiro atoms. The van der Waals surface area contributed by atoms with Gasteiger partial charge in [-0.25, -0.2) is 0 Å². The van der Waals surface area contributed by atoms with Gasteiger partial charge in [0.05, 0.1) is 18.8 Å². The highest BCUT2D eigenvalue weighted by Gasteiger charge is 2.35. The van der Waals surface area contributed by atoms with Crippen molar-refractivity contribution in [2.45, 2.75) is 50.5 Å². The Bertz CT molecular complexity index is 595. The van der Waals surface area contributed by atoms with Gasteiger partial charge in [-0.15, -0.1) is 0 Å². The van der Waals surface area contributed by atoms with Gasteiger partial charge in [0.25, 0.3) is 5.91 Å². The Morgan fingerprint density at radius 3 is 2.96 bits per heavy atom. The van der Waals surface area contributed by atoms with Crippen molar-refractivity contribution in [1.82, 2.24) is 10.2 Å². The normalized spacial score (nSPS) is 26.3. The minimum atomic E-state index is -0.771. The van der Waals surface area contributed by atoms with Crippen LogP contribution in [0.5, 0.6) is 0 Å². The third kappa shape index (κ3) is 5.04. The molecule has 1 fully saturated rings. The van der Waals surface area contributed by atoms with Gasteiger partial charge >= 0.3 is 0 Å². The lowest BCUT2D eigenvalue weighted by Gasteiger charge is -2.35. The van der Waals surface area contributed by atoms with Crippen molar-refractivity contribution in [3.63, 3.8) is 0 Å². The van der Waals surface area contributed by atoms with Gasteiger partial charge in [-0.05, 0) is 36.8 Å². The van der Waals surface area contributed by atoms with E-state index in [9.17, 15) is 9.90 Å². The highest BCUT2D eigenvalue weighted by molar-refractivity contribution is 5.81. The third-order valence-corrected chi connectivity index (χ3v) is 5.31. The van der Waals surface area contributed by atoms with Crippen LogP contribution in [-0.4, -0.2) is 67.6 Å². The maximum Gasteiger partial charge on any atom is 0.251 e. The number of carbonyl (C=O) groups excluding carboxylic acids is 1. The summed E-state index contributed by atoms with van der Waals surface area (Å²) >= 11 is 0. The molecule has 2 N–H and O–H groups in total. The molecule has 1 aromatic rings. The van der Waals surface area contributed by atoms with Crippen LogP contribution in [0.15, 0.2) is 24.3 Å². The molecule has 6 nitrogen and oxygen atoms in total. The van der Waals surface area contributed by atoms with Gasteiger partial charge in [0.2, 0.25) is 0 Å². The highest BCUT2D eigenvalue weighted by atomic mass is 16.5. The molecule has 3 rings (SSSR count). The zero-order valence-corrected chi connectivity index (χ0v) is 15.5. The number of aliphatic hydroxyl groups excluding tert-OH is 1. The standard InChI is InChI=1S/C20H30N2O4/c1-25-13-10-21-20(24)19-18(23)7-6-17(26-19)9-12-22-11-8-15-4-2-3-5-16(15)14-22/h2-5,17-19,23H,6-14H2,1H3,(H,21,24)/t17-,18-,19+/m0/s1. The summed E-state index contributed by atoms with van der Waals surface area (Å²) in [7, 11) is 1.59. The summed E-state index contributed by atoms with van der Waals surface area (Å²) in [6.07, 6.45) is 1.91. The Balaban J connectivity index is 1.46. The van der Waals surface area contributed by atoms with Crippen molar-refractivity contribution < 1.29 is 19.4 Å². The first-order valence-corrected chi connectivity index (χ1v) is 9.56. The number of hydrogen-bond acceptors (Lipinski definition) is 5. The van der Waals surface area contributed by atoms with Gasteiger partial charge in [0, 0.05) is 33.3 Å². The first-order chi connectivity index (χ1) is 12.7. The van der Waals surface area contributed by atoms with E-state index in [-0.39, 0.29) is 12.0 Å². The zero-order chi connectivity index (χ0) is 18.4. The molecule has 1 saturated heterocycles. The first-order valence-electron chi connectivity index (χ1n) is 9.56. The van der Waals surface area contributed by atoms with E-state index in [1.165, 1.54) is 11.1 Å². The van der Waals surface area contributed by atoms with Crippen LogP contribution in [-0.2, 0) is 27.2 Å². The van der Waals surface area contributed by atoms with Crippen LogP contribution in [0, 0.1) is 0 Å². The summed E-state index contributed by atoms with van der Waals surface area (Å²) in [4.78, 5) is 14.7. The minimum absolute atomic E-state index is 0.0220. The van der Waals surface area contributed by atoms with E-state index >= 15 is 0 Å². The molecule has 0 bridgehead atoms. The number of fused-ring (bicyclic) bond motifs is 1. The molecule has 0 saturated carbocycles. The van der Waals surface area contributed by atoms with Crippen LogP contribution in [0.2, 0.25) is 0 Å². The fourth-order valence-corrected chi connectivity index (χ4v) is 3.77. The molecule has 2 aliphatic heterocycles. The number of rotatable bonds is 7. The van der Waals surface area contributed by atoms with E-state index < -0.39 is 12.2 Å². The van der Waals surface area contributed by atoms with Crippen LogP contribution < -0.4 is 5.32 Å². The smallest absolute Gasteiger partial charge is 0.251 e. The van der Waals surface area contributed by atoms with Crippen molar-refractivity contribution in [2.24, 2.45) is 0 Å². The summed E-state index contributed by atoms with van der Waals surface area (Å²) in [6.45, 7) is 3.88. The number of amides is 1. The summed E-state index contributed by atoms with van der Waals surface area (Å²) in [5.41, 5.74) is 2.86. The quantitative estimate of drug-likeness (QED) is 0.711. The number of hydrogen-bond donors (Lipinski definition) is 2. The van der Waals surface area contributed by atoms with Crippen molar-refractivity contribution in [3.8, 4) is 0 Å². The lowest BCUT2D eigenvalue weighted by Crippen LogP contribution is -2.50. The fraction of sp³-hybridized carbons (Fsp3) is 0.650. The second-order valence-corrected chi connectivity index (χ2v) is 7.19. The van der Waals surface area contributed by atoms with Crippen LogP contribution in [0.1, 0.15) is 30.4 Å². The van der Waals surface area contributed by atoms with Crippen molar-refractivity contribution in [1.29, 1.82) is 0 Å². The number of aliphatic hydroxyl groups is 1. The van der Waals surface area contributed by atoms with Gasteiger partial charge in [-0.2, -0.15) is 0 Å². The molecule has 0 radical (unpaired) electrons. The molecular formula is C20H30N2O4. The molecule has 144 valence electrons. The second kappa shape index (κ2) is 9.46. The largest absolute Gasteiger partial charge is 0.390 e. The van der Waals surface area contributed by atoms with E-state index in [1.54, 1.807) is 7.11 Å². The molecule has 1 aromatic carbocycles. The SMILES string of the molecule is COCCNC(=O)[C@@H]1O[C@H](CCN2CCc3ccccc3C2)CC[C@@H]1O. The van der Waals surface area contributed by atoms with Gasteiger partial charge in [0.15, 0.2) is 6.10 Å². The predicted molar refractivity (Wildman–Crippen MR) is 98.8 cm³/mol. The monoisotopic (exact) mass is 362 g/mol. The summed E-state index contributed by atoms with van der Waals surface area (Å²) in [5.74, 6) is -0.244. The molecule has 2 heterocycles. The average molecular weight is 362 g/mol. The van der Waals surface area contributed by atoms with Crippen molar-refractivity contribution in [3.05, 3.63) is 35.4 Å². The van der Waals surface area contributed by atoms with Gasteiger partial charge < -0.3 is 19.9 Å². The summed E-state index contributed by atoms with van der Waals surface area (Å²) < 4.78 is 10.9. The van der Waals surface area contributed by atoms with E-state index in [4.69, 9.17) is 9.47 Å². The van der Waals surface area contributed by atoms with Crippen molar-refractivity contribution >= 4 is 5.91 Å². The molecular weight excluding hydrogens is 332 g/mol. The zero-order valence-electron chi connectivity index (χ0n) is 15.5. The van der Waals surface area contributed by atoms with Crippen LogP contribution in [0.3, 0.4) is 0 Å². The van der Waals surface area contributed by atoms with E-state index in [0.717, 1.165) is 38.9 Å². The maximum absolute atomic E-state index is 12.2. The van der Waals surface area contributed by atoms with Gasteiger partial charge in [-0.3, -0.25) is 9.69 Å². The number of ether oxygens (including phenoxy) is 2. The lowest BCUT2D eigenvalue weighted by molar-refractivity contribution is -0.158.